The predicted octanol–water partition coefficient (Wildman–Crippen LogP) is 0.948. The van der Waals surface area contributed by atoms with Crippen LogP contribution in [0.5, 0.6) is 0 Å². The number of carboxylic acids is 1. The number of carboxylic acid groups (broad SMARTS) is 1. The Balaban J connectivity index is 2.89. The van der Waals surface area contributed by atoms with Gasteiger partial charge in [-0.25, -0.2) is 9.59 Å². The summed E-state index contributed by atoms with van der Waals surface area (Å²) in [6.45, 7) is 0.207. The molecule has 2 atom stereocenters. The molecule has 0 bridgehead atoms. The average Bonchev–Trinajstić information content (AvgIpc) is 2.36. The van der Waals surface area contributed by atoms with Crippen molar-refractivity contribution in [2.45, 2.75) is 43.9 Å². The Morgan fingerprint density at radius 2 is 1.95 bits per heavy atom. The van der Waals surface area contributed by atoms with Crippen LogP contribution in [-0.2, 0) is 4.79 Å². The second-order valence-corrected chi connectivity index (χ2v) is 4.88. The third-order valence-corrected chi connectivity index (χ3v) is 3.45. The number of amides is 2. The molecule has 6 nitrogen and oxygen atoms in total. The van der Waals surface area contributed by atoms with Crippen LogP contribution in [0, 0.1) is 0 Å². The zero-order valence-electron chi connectivity index (χ0n) is 10.9. The predicted molar refractivity (Wildman–Crippen MR) is 62.1 cm³/mol. The van der Waals surface area contributed by atoms with Crippen molar-refractivity contribution in [3.63, 3.8) is 0 Å². The maximum atomic E-state index is 12.8. The molecule has 1 aliphatic rings. The molecule has 2 unspecified atom stereocenters. The van der Waals surface area contributed by atoms with Crippen molar-refractivity contribution in [3.8, 4) is 0 Å². The van der Waals surface area contributed by atoms with E-state index in [1.807, 2.05) is 0 Å². The molecule has 9 heteroatoms. The number of aliphatic hydroxyl groups excluding tert-OH is 1. The number of alkyl halides is 3. The molecule has 1 heterocycles. The number of aliphatic carboxylic acids is 1. The first-order valence-corrected chi connectivity index (χ1v) is 6.13. The normalized spacial score (nSPS) is 23.1. The summed E-state index contributed by atoms with van der Waals surface area (Å²) in [7, 11) is 0. The molecule has 0 spiro atoms. The first kappa shape index (κ1) is 16.5. The summed E-state index contributed by atoms with van der Waals surface area (Å²) in [5.41, 5.74) is -3.36. The summed E-state index contributed by atoms with van der Waals surface area (Å²) >= 11 is 0. The van der Waals surface area contributed by atoms with E-state index in [0.29, 0.717) is 19.8 Å². The van der Waals surface area contributed by atoms with Crippen LogP contribution < -0.4 is 5.32 Å². The number of halogens is 3. The van der Waals surface area contributed by atoms with Crippen LogP contribution in [0.3, 0.4) is 0 Å². The van der Waals surface area contributed by atoms with Gasteiger partial charge in [-0.3, -0.25) is 0 Å². The fraction of sp³-hybridized carbons (Fsp3) is 0.818. The van der Waals surface area contributed by atoms with E-state index < -0.39 is 29.8 Å². The monoisotopic (exact) mass is 298 g/mol. The second kappa shape index (κ2) is 5.86. The largest absolute Gasteiger partial charge is 0.479 e. The summed E-state index contributed by atoms with van der Waals surface area (Å²) in [5, 5.41) is 19.4. The first-order chi connectivity index (χ1) is 9.13. The van der Waals surface area contributed by atoms with Gasteiger partial charge in [0.05, 0.1) is 12.6 Å². The number of nitrogens with one attached hydrogen (secondary N) is 1. The van der Waals surface area contributed by atoms with Crippen LogP contribution in [-0.4, -0.2) is 58.0 Å². The fourth-order valence-electron chi connectivity index (χ4n) is 1.99. The number of aliphatic hydroxyl groups is 1. The molecule has 1 aliphatic heterocycles. The lowest BCUT2D eigenvalue weighted by Gasteiger charge is -2.37. The average molecular weight is 298 g/mol. The lowest BCUT2D eigenvalue weighted by Crippen LogP contribution is -2.65. The Hall–Kier alpha value is -1.51. The molecule has 1 rings (SSSR count). The van der Waals surface area contributed by atoms with Gasteiger partial charge in [-0.1, -0.05) is 0 Å². The summed E-state index contributed by atoms with van der Waals surface area (Å²) in [6, 6.07) is -1.72. The minimum absolute atomic E-state index is 0.185. The highest BCUT2D eigenvalue weighted by Crippen LogP contribution is 2.31. The Kier molecular flexibility index (Phi) is 4.85. The third kappa shape index (κ3) is 3.14. The first-order valence-electron chi connectivity index (χ1n) is 6.13. The molecule has 0 aromatic heterocycles. The number of urea groups is 1. The molecule has 3 N–H and O–H groups in total. The van der Waals surface area contributed by atoms with Gasteiger partial charge in [-0.2, -0.15) is 13.2 Å². The van der Waals surface area contributed by atoms with Crippen LogP contribution in [0.1, 0.15) is 26.2 Å². The van der Waals surface area contributed by atoms with Gasteiger partial charge in [0.25, 0.3) is 0 Å². The van der Waals surface area contributed by atoms with Gasteiger partial charge in [-0.15, -0.1) is 0 Å². The van der Waals surface area contributed by atoms with Crippen molar-refractivity contribution in [1.29, 1.82) is 0 Å². The van der Waals surface area contributed by atoms with Gasteiger partial charge in [0, 0.05) is 6.54 Å². The zero-order chi connectivity index (χ0) is 15.6. The Labute approximate surface area is 113 Å². The smallest absolute Gasteiger partial charge is 0.422 e. The fourth-order valence-corrected chi connectivity index (χ4v) is 1.99. The maximum Gasteiger partial charge on any atom is 0.422 e. The summed E-state index contributed by atoms with van der Waals surface area (Å²) < 4.78 is 38.4. The molecule has 0 saturated carbocycles. The highest BCUT2D eigenvalue weighted by atomic mass is 19.4. The molecular weight excluding hydrogens is 281 g/mol. The SMILES string of the molecule is CC(NC(=O)N1CCCCC1CO)(C(=O)O)C(F)(F)F. The molecule has 0 aromatic carbocycles. The molecule has 2 amide bonds. The van der Waals surface area contributed by atoms with Gasteiger partial charge in [0.1, 0.15) is 0 Å². The molecule has 0 aromatic rings. The van der Waals surface area contributed by atoms with Crippen LogP contribution in [0.4, 0.5) is 18.0 Å². The maximum absolute atomic E-state index is 12.8. The highest BCUT2D eigenvalue weighted by Gasteiger charge is 2.59. The minimum Gasteiger partial charge on any atom is -0.479 e. The van der Waals surface area contributed by atoms with E-state index in [2.05, 4.69) is 0 Å². The number of hydrogen-bond donors (Lipinski definition) is 3. The number of carbonyl (C=O) groups excluding carboxylic acids is 1. The van der Waals surface area contributed by atoms with Gasteiger partial charge >= 0.3 is 18.2 Å². The number of nitrogens with zero attached hydrogens (tertiary/aromatic N) is 1. The molecule has 116 valence electrons. The van der Waals surface area contributed by atoms with Crippen molar-refractivity contribution in [2.24, 2.45) is 0 Å². The highest BCUT2D eigenvalue weighted by molar-refractivity contribution is 5.87. The molecule has 0 radical (unpaired) electrons. The Bertz CT molecular complexity index is 388. The van der Waals surface area contributed by atoms with E-state index in [0.717, 1.165) is 11.3 Å². The number of hydrogen-bond acceptors (Lipinski definition) is 3. The van der Waals surface area contributed by atoms with E-state index in [1.54, 1.807) is 0 Å². The summed E-state index contributed by atoms with van der Waals surface area (Å²) in [5.74, 6) is -2.18. The van der Waals surface area contributed by atoms with Crippen molar-refractivity contribution >= 4 is 12.0 Å². The summed E-state index contributed by atoms with van der Waals surface area (Å²) in [6.07, 6.45) is -3.30. The second-order valence-electron chi connectivity index (χ2n) is 4.88. The van der Waals surface area contributed by atoms with Crippen molar-refractivity contribution in [1.82, 2.24) is 10.2 Å². The number of rotatable bonds is 3. The van der Waals surface area contributed by atoms with Crippen LogP contribution >= 0.6 is 0 Å². The minimum atomic E-state index is -5.13. The number of piperidine rings is 1. The molecule has 1 saturated heterocycles. The summed E-state index contributed by atoms with van der Waals surface area (Å²) in [4.78, 5) is 23.8. The van der Waals surface area contributed by atoms with Crippen LogP contribution in [0.2, 0.25) is 0 Å². The van der Waals surface area contributed by atoms with Crippen molar-refractivity contribution in [3.05, 3.63) is 0 Å². The lowest BCUT2D eigenvalue weighted by atomic mass is 10.0. The van der Waals surface area contributed by atoms with Gasteiger partial charge in [-0.05, 0) is 26.2 Å². The molecular formula is C11H17F3N2O4. The Morgan fingerprint density at radius 3 is 2.40 bits per heavy atom. The topological polar surface area (TPSA) is 89.9 Å². The standard InChI is InChI=1S/C11H17F3N2O4/c1-10(8(18)19,11(12,13)14)15-9(20)16-5-3-2-4-7(16)6-17/h7,17H,2-6H2,1H3,(H,15,20)(H,18,19). The number of carbonyl (C=O) groups is 2. The molecule has 1 fully saturated rings. The van der Waals surface area contributed by atoms with Crippen LogP contribution in [0.15, 0.2) is 0 Å². The van der Waals surface area contributed by atoms with Gasteiger partial charge in [0.15, 0.2) is 0 Å². The van der Waals surface area contributed by atoms with E-state index in [4.69, 9.17) is 10.2 Å². The van der Waals surface area contributed by atoms with Crippen molar-refractivity contribution < 1.29 is 33.0 Å². The van der Waals surface area contributed by atoms with Gasteiger partial charge in [0.2, 0.25) is 5.54 Å². The van der Waals surface area contributed by atoms with Gasteiger partial charge < -0.3 is 20.4 Å². The van der Waals surface area contributed by atoms with E-state index in [9.17, 15) is 22.8 Å². The van der Waals surface area contributed by atoms with E-state index in [-0.39, 0.29) is 13.2 Å². The zero-order valence-corrected chi connectivity index (χ0v) is 10.9. The van der Waals surface area contributed by atoms with E-state index >= 15 is 0 Å². The molecule has 0 aliphatic carbocycles. The quantitative estimate of drug-likeness (QED) is 0.723. The van der Waals surface area contributed by atoms with E-state index in [1.165, 1.54) is 5.32 Å². The molecule has 20 heavy (non-hydrogen) atoms. The Morgan fingerprint density at radius 1 is 1.35 bits per heavy atom. The van der Waals surface area contributed by atoms with Crippen LogP contribution in [0.25, 0.3) is 0 Å². The van der Waals surface area contributed by atoms with Crippen molar-refractivity contribution in [2.75, 3.05) is 13.2 Å². The number of likely N-dealkylation sites (tertiary alicyclic amines) is 1. The lowest BCUT2D eigenvalue weighted by molar-refractivity contribution is -0.203. The third-order valence-electron chi connectivity index (χ3n) is 3.45.